The number of nitrogen functional groups attached to an aromatic ring is 1. The first-order valence-corrected chi connectivity index (χ1v) is 7.39. The van der Waals surface area contributed by atoms with E-state index in [1.165, 1.54) is 24.3 Å². The number of anilines is 1. The molecule has 1 fully saturated rings. The van der Waals surface area contributed by atoms with Crippen molar-refractivity contribution in [2.45, 2.75) is 24.3 Å². The molecule has 1 heterocycles. The van der Waals surface area contributed by atoms with Gasteiger partial charge in [-0.2, -0.15) is 4.31 Å². The molecule has 106 valence electrons. The van der Waals surface area contributed by atoms with Crippen molar-refractivity contribution < 1.29 is 17.5 Å². The zero-order valence-electron chi connectivity index (χ0n) is 10.9. The Morgan fingerprint density at radius 1 is 1.47 bits per heavy atom. The number of aryl methyl sites for hydroxylation is 1. The Balaban J connectivity index is 2.39. The molecule has 2 N–H and O–H groups in total. The minimum Gasteiger partial charge on any atom is -0.396 e. The van der Waals surface area contributed by atoms with Gasteiger partial charge in [0.05, 0.1) is 23.2 Å². The molecule has 0 amide bonds. The summed E-state index contributed by atoms with van der Waals surface area (Å²) in [7, 11) is -2.17. The van der Waals surface area contributed by atoms with Crippen LogP contribution >= 0.6 is 0 Å². The second-order valence-corrected chi connectivity index (χ2v) is 6.68. The average Bonchev–Trinajstić information content (AvgIpc) is 2.87. The molecule has 2 rings (SSSR count). The van der Waals surface area contributed by atoms with Crippen LogP contribution in [0.4, 0.5) is 10.1 Å². The molecule has 1 saturated heterocycles. The third-order valence-corrected chi connectivity index (χ3v) is 5.24. The van der Waals surface area contributed by atoms with Crippen molar-refractivity contribution >= 4 is 15.7 Å². The van der Waals surface area contributed by atoms with Crippen LogP contribution in [0.25, 0.3) is 0 Å². The van der Waals surface area contributed by atoms with Crippen LogP contribution in [0.1, 0.15) is 12.0 Å². The minimum absolute atomic E-state index is 0.0123. The molecule has 1 aromatic carbocycles. The number of likely N-dealkylation sites (N-methyl/N-ethyl adjacent to an activating group) is 1. The molecule has 0 radical (unpaired) electrons. The van der Waals surface area contributed by atoms with Crippen molar-refractivity contribution in [3.8, 4) is 0 Å². The number of sulfonamides is 1. The molecule has 0 saturated carbocycles. The fourth-order valence-electron chi connectivity index (χ4n) is 2.08. The summed E-state index contributed by atoms with van der Waals surface area (Å²) in [6, 6.07) is 2.27. The van der Waals surface area contributed by atoms with Gasteiger partial charge in [0, 0.05) is 13.7 Å². The van der Waals surface area contributed by atoms with E-state index in [1.807, 2.05) is 0 Å². The van der Waals surface area contributed by atoms with Crippen molar-refractivity contribution in [2.24, 2.45) is 0 Å². The summed E-state index contributed by atoms with van der Waals surface area (Å²) in [5, 5.41) is 0. The van der Waals surface area contributed by atoms with E-state index in [9.17, 15) is 12.8 Å². The Labute approximate surface area is 112 Å². The van der Waals surface area contributed by atoms with Crippen LogP contribution in [0.2, 0.25) is 0 Å². The van der Waals surface area contributed by atoms with E-state index in [0.717, 1.165) is 6.07 Å². The third-order valence-electron chi connectivity index (χ3n) is 3.35. The number of nitrogens with two attached hydrogens (primary N) is 1. The van der Waals surface area contributed by atoms with E-state index >= 15 is 0 Å². The molecule has 0 aromatic heterocycles. The maximum Gasteiger partial charge on any atom is 0.243 e. The van der Waals surface area contributed by atoms with Crippen LogP contribution in [0.15, 0.2) is 17.0 Å². The Bertz CT molecular complexity index is 560. The molecule has 1 atom stereocenters. The van der Waals surface area contributed by atoms with Crippen LogP contribution in [-0.2, 0) is 14.8 Å². The third kappa shape index (κ3) is 2.58. The molecule has 0 aliphatic carbocycles. The highest BCUT2D eigenvalue weighted by Crippen LogP contribution is 2.25. The predicted octanol–water partition coefficient (Wildman–Crippen LogP) is 1.13. The first kappa shape index (κ1) is 14.2. The summed E-state index contributed by atoms with van der Waals surface area (Å²) in [6.45, 7) is 2.42. The molecule has 7 heteroatoms. The number of hydrogen-bond acceptors (Lipinski definition) is 4. The van der Waals surface area contributed by atoms with Gasteiger partial charge in [-0.3, -0.25) is 0 Å². The molecular formula is C12H17FN2O3S. The second kappa shape index (κ2) is 5.07. The monoisotopic (exact) mass is 288 g/mol. The molecule has 1 aliphatic heterocycles. The van der Waals surface area contributed by atoms with Crippen molar-refractivity contribution in [1.29, 1.82) is 0 Å². The topological polar surface area (TPSA) is 72.6 Å². The van der Waals surface area contributed by atoms with Gasteiger partial charge in [0.25, 0.3) is 0 Å². The molecular weight excluding hydrogens is 271 g/mol. The first-order valence-electron chi connectivity index (χ1n) is 5.95. The molecule has 1 aliphatic rings. The zero-order valence-corrected chi connectivity index (χ0v) is 11.7. The highest BCUT2D eigenvalue weighted by molar-refractivity contribution is 7.89. The van der Waals surface area contributed by atoms with E-state index in [4.69, 9.17) is 10.5 Å². The van der Waals surface area contributed by atoms with E-state index in [0.29, 0.717) is 19.6 Å². The first-order chi connectivity index (χ1) is 8.84. The van der Waals surface area contributed by atoms with Crippen LogP contribution in [0.5, 0.6) is 0 Å². The van der Waals surface area contributed by atoms with Gasteiger partial charge in [-0.25, -0.2) is 12.8 Å². The number of nitrogens with zero attached hydrogens (tertiary/aromatic N) is 1. The number of rotatable bonds is 3. The van der Waals surface area contributed by atoms with Crippen molar-refractivity contribution in [2.75, 3.05) is 26.0 Å². The van der Waals surface area contributed by atoms with Crippen molar-refractivity contribution in [1.82, 2.24) is 4.31 Å². The summed E-state index contributed by atoms with van der Waals surface area (Å²) in [5.41, 5.74) is 5.55. The Morgan fingerprint density at radius 3 is 2.68 bits per heavy atom. The van der Waals surface area contributed by atoms with Crippen molar-refractivity contribution in [3.63, 3.8) is 0 Å². The SMILES string of the molecule is Cc1cc(S(=O)(=O)N(C)C2CCOC2)cc(N)c1F. The normalized spacial score (nSPS) is 20.1. The summed E-state index contributed by atoms with van der Waals surface area (Å²) in [4.78, 5) is 0.0123. The van der Waals surface area contributed by atoms with E-state index in [1.54, 1.807) is 0 Å². The zero-order chi connectivity index (χ0) is 14.2. The van der Waals surface area contributed by atoms with Crippen LogP contribution < -0.4 is 5.73 Å². The summed E-state index contributed by atoms with van der Waals surface area (Å²) in [5.74, 6) is -0.578. The largest absolute Gasteiger partial charge is 0.396 e. The van der Waals surface area contributed by atoms with Gasteiger partial charge in [-0.1, -0.05) is 0 Å². The van der Waals surface area contributed by atoms with E-state index in [-0.39, 0.29) is 22.2 Å². The maximum atomic E-state index is 13.4. The lowest BCUT2D eigenvalue weighted by molar-refractivity contribution is 0.181. The number of hydrogen-bond donors (Lipinski definition) is 1. The number of benzene rings is 1. The summed E-state index contributed by atoms with van der Waals surface area (Å²) >= 11 is 0. The lowest BCUT2D eigenvalue weighted by Crippen LogP contribution is -2.37. The summed E-state index contributed by atoms with van der Waals surface area (Å²) < 4.78 is 44.8. The van der Waals surface area contributed by atoms with Gasteiger partial charge in [0.15, 0.2) is 0 Å². The fourth-order valence-corrected chi connectivity index (χ4v) is 3.58. The lowest BCUT2D eigenvalue weighted by atomic mass is 10.2. The minimum atomic E-state index is -3.68. The predicted molar refractivity (Wildman–Crippen MR) is 69.7 cm³/mol. The van der Waals surface area contributed by atoms with Crippen LogP contribution in [0, 0.1) is 12.7 Å². The van der Waals surface area contributed by atoms with Crippen LogP contribution in [-0.4, -0.2) is 39.0 Å². The quantitative estimate of drug-likeness (QED) is 0.846. The van der Waals surface area contributed by atoms with Gasteiger partial charge < -0.3 is 10.5 Å². The maximum absolute atomic E-state index is 13.4. The lowest BCUT2D eigenvalue weighted by Gasteiger charge is -2.23. The average molecular weight is 288 g/mol. The van der Waals surface area contributed by atoms with Gasteiger partial charge in [0.2, 0.25) is 10.0 Å². The smallest absolute Gasteiger partial charge is 0.243 e. The Hall–Kier alpha value is -1.18. The number of ether oxygens (including phenoxy) is 1. The highest BCUT2D eigenvalue weighted by Gasteiger charge is 2.31. The molecule has 0 bridgehead atoms. The van der Waals surface area contributed by atoms with Gasteiger partial charge in [0.1, 0.15) is 5.82 Å². The standard InChI is InChI=1S/C12H17FN2O3S/c1-8-5-10(6-11(14)12(8)13)19(16,17)15(2)9-3-4-18-7-9/h5-6,9H,3-4,7,14H2,1-2H3. The Morgan fingerprint density at radius 2 is 2.16 bits per heavy atom. The number of halogens is 1. The van der Waals surface area contributed by atoms with Crippen molar-refractivity contribution in [3.05, 3.63) is 23.5 Å². The highest BCUT2D eigenvalue weighted by atomic mass is 32.2. The van der Waals surface area contributed by atoms with E-state index in [2.05, 4.69) is 0 Å². The molecule has 0 spiro atoms. The molecule has 1 unspecified atom stereocenters. The van der Waals surface area contributed by atoms with Crippen LogP contribution in [0.3, 0.4) is 0 Å². The Kier molecular flexibility index (Phi) is 3.80. The summed E-state index contributed by atoms with van der Waals surface area (Å²) in [6.07, 6.45) is 0.658. The van der Waals surface area contributed by atoms with Gasteiger partial charge >= 0.3 is 0 Å². The molecule has 19 heavy (non-hydrogen) atoms. The molecule has 5 nitrogen and oxygen atoms in total. The molecule has 1 aromatic rings. The second-order valence-electron chi connectivity index (χ2n) is 4.68. The van der Waals surface area contributed by atoms with Gasteiger partial charge in [-0.15, -0.1) is 0 Å². The fraction of sp³-hybridized carbons (Fsp3) is 0.500. The van der Waals surface area contributed by atoms with E-state index < -0.39 is 15.8 Å². The van der Waals surface area contributed by atoms with Gasteiger partial charge in [-0.05, 0) is 31.0 Å².